The molecular weight excluding hydrogens is 470 g/mol. The van der Waals surface area contributed by atoms with E-state index in [9.17, 15) is 15.0 Å². The quantitative estimate of drug-likeness (QED) is 0.453. The molecule has 1 fully saturated rings. The Morgan fingerprint density at radius 3 is 2.42 bits per heavy atom. The Hall–Kier alpha value is -1.90. The third-order valence-electron chi connectivity index (χ3n) is 5.94. The molecule has 0 saturated carbocycles. The van der Waals surface area contributed by atoms with Crippen LogP contribution in [0.3, 0.4) is 0 Å². The highest BCUT2D eigenvalue weighted by Gasteiger charge is 2.58. The molecule has 2 aromatic rings. The van der Waals surface area contributed by atoms with E-state index in [0.717, 1.165) is 0 Å². The summed E-state index contributed by atoms with van der Waals surface area (Å²) in [6, 6.07) is 7.26. The van der Waals surface area contributed by atoms with Gasteiger partial charge in [-0.25, -0.2) is 4.39 Å². The number of carboxylic acids is 1. The number of aliphatic hydroxyl groups is 1. The Balaban J connectivity index is 2.30. The van der Waals surface area contributed by atoms with E-state index in [-0.39, 0.29) is 29.2 Å². The highest BCUT2D eigenvalue weighted by atomic mass is 35.5. The summed E-state index contributed by atoms with van der Waals surface area (Å²) < 4.78 is 21.0. The van der Waals surface area contributed by atoms with Gasteiger partial charge < -0.3 is 20.7 Å². The van der Waals surface area contributed by atoms with Crippen molar-refractivity contribution in [2.75, 3.05) is 13.2 Å². The van der Waals surface area contributed by atoms with E-state index in [4.69, 9.17) is 33.7 Å². The smallest absolute Gasteiger partial charge is 0.321 e. The summed E-state index contributed by atoms with van der Waals surface area (Å²) in [5, 5.41) is 23.1. The fraction of sp³-hybridized carbons (Fsp3) is 0.458. The molecule has 4 atom stereocenters. The van der Waals surface area contributed by atoms with Crippen LogP contribution in [0.1, 0.15) is 44.2 Å². The highest BCUT2D eigenvalue weighted by molar-refractivity contribution is 6.31. The van der Waals surface area contributed by atoms with Gasteiger partial charge in [0.05, 0.1) is 12.1 Å². The third-order valence-corrected chi connectivity index (χ3v) is 6.41. The number of rotatable bonds is 7. The average molecular weight is 499 g/mol. The number of carbonyl (C=O) groups is 1. The van der Waals surface area contributed by atoms with Gasteiger partial charge >= 0.3 is 5.97 Å². The molecule has 2 aromatic carbocycles. The molecule has 5 N–H and O–H groups in total. The SMILES string of the molecule is CC(C)(C)CC1NC(C(=O)O)C(c2cc(Cl)ccc2OCCO)C1(N)c1ccc(Cl)cc1F. The molecule has 9 heteroatoms. The van der Waals surface area contributed by atoms with Gasteiger partial charge in [-0.3, -0.25) is 10.1 Å². The number of carboxylic acid groups (broad SMARTS) is 1. The Bertz CT molecular complexity index is 1030. The minimum absolute atomic E-state index is 0.00911. The molecule has 0 aliphatic carbocycles. The number of nitrogens with two attached hydrogens (primary N) is 1. The Kier molecular flexibility index (Phi) is 7.61. The molecule has 0 bridgehead atoms. The minimum Gasteiger partial charge on any atom is -0.491 e. The lowest BCUT2D eigenvalue weighted by molar-refractivity contribution is -0.139. The van der Waals surface area contributed by atoms with E-state index in [1.54, 1.807) is 18.2 Å². The minimum atomic E-state index is -1.48. The molecule has 1 aliphatic heterocycles. The van der Waals surface area contributed by atoms with Crippen LogP contribution in [0.2, 0.25) is 10.0 Å². The molecule has 180 valence electrons. The van der Waals surface area contributed by atoms with Crippen molar-refractivity contribution in [3.05, 3.63) is 63.4 Å². The van der Waals surface area contributed by atoms with Crippen LogP contribution in [0.4, 0.5) is 4.39 Å². The molecule has 0 spiro atoms. The summed E-state index contributed by atoms with van der Waals surface area (Å²) in [5.74, 6) is -2.37. The molecule has 0 amide bonds. The van der Waals surface area contributed by atoms with Gasteiger partial charge in [-0.2, -0.15) is 0 Å². The first kappa shape index (κ1) is 25.7. The maximum Gasteiger partial charge on any atom is 0.321 e. The summed E-state index contributed by atoms with van der Waals surface area (Å²) in [6.45, 7) is 5.77. The number of halogens is 3. The molecule has 6 nitrogen and oxygen atoms in total. The Morgan fingerprint density at radius 1 is 1.21 bits per heavy atom. The van der Waals surface area contributed by atoms with Crippen LogP contribution in [0.25, 0.3) is 0 Å². The van der Waals surface area contributed by atoms with Gasteiger partial charge in [0.1, 0.15) is 24.2 Å². The van der Waals surface area contributed by atoms with Crippen LogP contribution >= 0.6 is 23.2 Å². The molecule has 3 rings (SSSR count). The molecule has 4 unspecified atom stereocenters. The van der Waals surface area contributed by atoms with Crippen molar-refractivity contribution in [3.63, 3.8) is 0 Å². The van der Waals surface area contributed by atoms with E-state index in [1.165, 1.54) is 18.2 Å². The van der Waals surface area contributed by atoms with Crippen LogP contribution in [0.5, 0.6) is 5.75 Å². The zero-order valence-corrected chi connectivity index (χ0v) is 20.3. The van der Waals surface area contributed by atoms with Gasteiger partial charge in [0.2, 0.25) is 0 Å². The number of hydrogen-bond acceptors (Lipinski definition) is 5. The number of nitrogens with one attached hydrogen (secondary N) is 1. The molecule has 1 aliphatic rings. The zero-order chi connectivity index (χ0) is 24.6. The predicted octanol–water partition coefficient (Wildman–Crippen LogP) is 4.30. The van der Waals surface area contributed by atoms with E-state index < -0.39 is 35.3 Å². The zero-order valence-electron chi connectivity index (χ0n) is 18.7. The lowest BCUT2D eigenvalue weighted by Gasteiger charge is -2.40. The molecule has 0 radical (unpaired) electrons. The fourth-order valence-corrected chi connectivity index (χ4v) is 5.02. The maximum atomic E-state index is 15.3. The van der Waals surface area contributed by atoms with Crippen LogP contribution < -0.4 is 15.8 Å². The summed E-state index contributed by atoms with van der Waals surface area (Å²) in [6.07, 6.45) is 0.471. The lowest BCUT2D eigenvalue weighted by atomic mass is 9.68. The van der Waals surface area contributed by atoms with Crippen molar-refractivity contribution in [2.45, 2.75) is 50.7 Å². The van der Waals surface area contributed by atoms with E-state index in [2.05, 4.69) is 5.32 Å². The van der Waals surface area contributed by atoms with Gasteiger partial charge in [-0.15, -0.1) is 0 Å². The van der Waals surface area contributed by atoms with Gasteiger partial charge in [0, 0.05) is 33.1 Å². The third kappa shape index (κ3) is 5.28. The largest absolute Gasteiger partial charge is 0.491 e. The predicted molar refractivity (Wildman–Crippen MR) is 126 cm³/mol. The van der Waals surface area contributed by atoms with E-state index in [1.807, 2.05) is 20.8 Å². The molecule has 0 aromatic heterocycles. The summed E-state index contributed by atoms with van der Waals surface area (Å²) in [4.78, 5) is 12.4. The maximum absolute atomic E-state index is 15.3. The second-order valence-electron chi connectivity index (χ2n) is 9.59. The summed E-state index contributed by atoms with van der Waals surface area (Å²) in [5.41, 5.74) is 5.93. The van der Waals surface area contributed by atoms with Gasteiger partial charge in [-0.05, 0) is 42.2 Å². The fourth-order valence-electron chi connectivity index (χ4n) is 4.68. The normalized spacial score (nSPS) is 25.3. The van der Waals surface area contributed by atoms with E-state index >= 15 is 4.39 Å². The molecular formula is C24H29Cl2FN2O4. The molecule has 1 heterocycles. The summed E-state index contributed by atoms with van der Waals surface area (Å²) in [7, 11) is 0. The first-order valence-corrected chi connectivity index (χ1v) is 11.4. The van der Waals surface area contributed by atoms with Crippen molar-refractivity contribution in [1.82, 2.24) is 5.32 Å². The van der Waals surface area contributed by atoms with Crippen molar-refractivity contribution in [3.8, 4) is 5.75 Å². The average Bonchev–Trinajstić information content (AvgIpc) is 2.98. The van der Waals surface area contributed by atoms with Gasteiger partial charge in [-0.1, -0.05) is 50.0 Å². The molecule has 33 heavy (non-hydrogen) atoms. The van der Waals surface area contributed by atoms with Crippen LogP contribution in [-0.4, -0.2) is 41.5 Å². The topological polar surface area (TPSA) is 105 Å². The first-order chi connectivity index (χ1) is 15.4. The second-order valence-corrected chi connectivity index (χ2v) is 10.5. The van der Waals surface area contributed by atoms with Crippen LogP contribution in [0.15, 0.2) is 36.4 Å². The van der Waals surface area contributed by atoms with E-state index in [0.29, 0.717) is 22.8 Å². The van der Waals surface area contributed by atoms with Crippen LogP contribution in [-0.2, 0) is 10.3 Å². The summed E-state index contributed by atoms with van der Waals surface area (Å²) >= 11 is 12.3. The standard InChI is InChI=1S/C24H29Cl2FN2O4/c1-23(2,3)12-19-24(28,16-6-4-14(26)11-17(16)27)20(21(29-19)22(31)32)15-10-13(25)5-7-18(15)33-9-8-30/h4-7,10-11,19-21,29-30H,8-9,12,28H2,1-3H3,(H,31,32). The number of ether oxygens (including phenoxy) is 1. The second kappa shape index (κ2) is 9.76. The van der Waals surface area contributed by atoms with Crippen molar-refractivity contribution < 1.29 is 24.1 Å². The monoisotopic (exact) mass is 498 g/mol. The molecule has 1 saturated heterocycles. The number of aliphatic hydroxyl groups excluding tert-OH is 1. The van der Waals surface area contributed by atoms with Gasteiger partial charge in [0.25, 0.3) is 0 Å². The highest BCUT2D eigenvalue weighted by Crippen LogP contribution is 2.51. The van der Waals surface area contributed by atoms with Crippen molar-refractivity contribution >= 4 is 29.2 Å². The Labute approximate surface area is 202 Å². The van der Waals surface area contributed by atoms with Crippen molar-refractivity contribution in [1.29, 1.82) is 0 Å². The number of benzene rings is 2. The van der Waals surface area contributed by atoms with Crippen LogP contribution in [0, 0.1) is 11.2 Å². The van der Waals surface area contributed by atoms with Crippen molar-refractivity contribution in [2.24, 2.45) is 11.1 Å². The van der Waals surface area contributed by atoms with Gasteiger partial charge in [0.15, 0.2) is 0 Å². The Morgan fingerprint density at radius 2 is 1.85 bits per heavy atom. The lowest BCUT2D eigenvalue weighted by Crippen LogP contribution is -2.52. The number of hydrogen-bond donors (Lipinski definition) is 4. The number of aliphatic carboxylic acids is 1. The first-order valence-electron chi connectivity index (χ1n) is 10.6.